The van der Waals surface area contributed by atoms with E-state index in [2.05, 4.69) is 10.2 Å². The third-order valence-electron chi connectivity index (χ3n) is 3.14. The zero-order chi connectivity index (χ0) is 15.2. The highest BCUT2D eigenvalue weighted by molar-refractivity contribution is 7.99. The summed E-state index contributed by atoms with van der Waals surface area (Å²) in [5.74, 6) is 3.09. The van der Waals surface area contributed by atoms with Gasteiger partial charge in [0, 0.05) is 12.4 Å². The van der Waals surface area contributed by atoms with E-state index in [9.17, 15) is 0 Å². The summed E-state index contributed by atoms with van der Waals surface area (Å²) >= 11 is 1.62. The Morgan fingerprint density at radius 3 is 2.68 bits per heavy atom. The van der Waals surface area contributed by atoms with Crippen molar-refractivity contribution in [1.82, 2.24) is 14.8 Å². The van der Waals surface area contributed by atoms with E-state index in [4.69, 9.17) is 13.9 Å². The van der Waals surface area contributed by atoms with Crippen LogP contribution in [0.4, 0.5) is 0 Å². The first-order valence-corrected chi connectivity index (χ1v) is 8.10. The first-order valence-electron chi connectivity index (χ1n) is 7.11. The summed E-state index contributed by atoms with van der Waals surface area (Å²) in [6, 6.07) is 7.48. The largest absolute Gasteiger partial charge is 0.467 e. The summed E-state index contributed by atoms with van der Waals surface area (Å²) in [5.41, 5.74) is 0. The van der Waals surface area contributed by atoms with E-state index < -0.39 is 0 Å². The highest BCUT2D eigenvalue weighted by atomic mass is 32.2. The summed E-state index contributed by atoms with van der Waals surface area (Å²) in [7, 11) is 0. The molecule has 116 valence electrons. The van der Waals surface area contributed by atoms with Gasteiger partial charge in [0.05, 0.1) is 19.1 Å². The summed E-state index contributed by atoms with van der Waals surface area (Å²) in [4.78, 5) is 0. The van der Waals surface area contributed by atoms with Crippen LogP contribution in [-0.4, -0.2) is 32.2 Å². The Morgan fingerprint density at radius 2 is 1.95 bits per heavy atom. The van der Waals surface area contributed by atoms with Crippen LogP contribution in [0, 0.1) is 0 Å². The monoisotopic (exact) mass is 319 g/mol. The van der Waals surface area contributed by atoms with Crippen molar-refractivity contribution in [3.8, 4) is 11.6 Å². The third-order valence-corrected chi connectivity index (χ3v) is 4.19. The van der Waals surface area contributed by atoms with Gasteiger partial charge >= 0.3 is 0 Å². The Balaban J connectivity index is 1.82. The van der Waals surface area contributed by atoms with Gasteiger partial charge in [-0.15, -0.1) is 10.2 Å². The second-order valence-electron chi connectivity index (χ2n) is 4.73. The summed E-state index contributed by atoms with van der Waals surface area (Å²) in [6.07, 6.45) is 5.00. The van der Waals surface area contributed by atoms with E-state index >= 15 is 0 Å². The summed E-state index contributed by atoms with van der Waals surface area (Å²) < 4.78 is 12.9. The quantitative estimate of drug-likeness (QED) is 0.508. The topological polar surface area (TPSA) is 77.2 Å². The molecule has 0 atom stereocenters. The third kappa shape index (κ3) is 3.42. The number of rotatable bonds is 8. The molecule has 0 saturated carbocycles. The van der Waals surface area contributed by atoms with E-state index in [1.807, 2.05) is 28.8 Å². The maximum atomic E-state index is 8.85. The first kappa shape index (κ1) is 14.9. The van der Waals surface area contributed by atoms with Crippen LogP contribution < -0.4 is 0 Å². The van der Waals surface area contributed by atoms with Crippen LogP contribution in [0.2, 0.25) is 0 Å². The molecule has 1 N–H and O–H groups in total. The molecule has 0 aromatic carbocycles. The zero-order valence-corrected chi connectivity index (χ0v) is 12.8. The van der Waals surface area contributed by atoms with Gasteiger partial charge in [-0.3, -0.25) is 4.57 Å². The number of hydrogen-bond donors (Lipinski definition) is 1. The normalized spacial score (nSPS) is 11.1. The molecule has 7 heteroatoms. The van der Waals surface area contributed by atoms with Gasteiger partial charge in [0.15, 0.2) is 10.9 Å². The van der Waals surface area contributed by atoms with E-state index in [1.54, 1.807) is 24.3 Å². The Kier molecular flexibility index (Phi) is 4.97. The molecule has 22 heavy (non-hydrogen) atoms. The van der Waals surface area contributed by atoms with Crippen molar-refractivity contribution in [1.29, 1.82) is 0 Å². The van der Waals surface area contributed by atoms with Crippen molar-refractivity contribution < 1.29 is 13.9 Å². The van der Waals surface area contributed by atoms with Crippen LogP contribution >= 0.6 is 11.8 Å². The average Bonchev–Trinajstić information content (AvgIpc) is 3.26. The number of hydrogen-bond acceptors (Lipinski definition) is 6. The van der Waals surface area contributed by atoms with Crippen LogP contribution in [0.3, 0.4) is 0 Å². The van der Waals surface area contributed by atoms with Crippen LogP contribution in [0.5, 0.6) is 0 Å². The van der Waals surface area contributed by atoms with Crippen molar-refractivity contribution in [3.63, 3.8) is 0 Å². The van der Waals surface area contributed by atoms with E-state index in [0.717, 1.165) is 29.5 Å². The minimum atomic E-state index is 0.220. The van der Waals surface area contributed by atoms with E-state index in [1.165, 1.54) is 0 Å². The van der Waals surface area contributed by atoms with Gasteiger partial charge < -0.3 is 13.9 Å². The van der Waals surface area contributed by atoms with E-state index in [-0.39, 0.29) is 6.61 Å². The van der Waals surface area contributed by atoms with Crippen molar-refractivity contribution in [3.05, 3.63) is 42.6 Å². The SMILES string of the molecule is OCCCCSc1nnc(-c2ccco2)n1Cc1ccco1. The molecule has 0 unspecified atom stereocenters. The molecule has 3 heterocycles. The number of nitrogens with zero attached hydrogens (tertiary/aromatic N) is 3. The molecule has 3 rings (SSSR count). The number of furan rings is 2. The standard InChI is InChI=1S/C15H17N3O3S/c19-7-1-2-10-22-15-17-16-14(13-6-4-9-21-13)18(15)11-12-5-3-8-20-12/h3-6,8-9,19H,1-2,7,10-11H2. The second-order valence-corrected chi connectivity index (χ2v) is 5.79. The Morgan fingerprint density at radius 1 is 1.09 bits per heavy atom. The second kappa shape index (κ2) is 7.33. The molecule has 0 aliphatic carbocycles. The molecule has 3 aromatic heterocycles. The molecule has 3 aromatic rings. The van der Waals surface area contributed by atoms with Crippen molar-refractivity contribution in [2.45, 2.75) is 24.5 Å². The van der Waals surface area contributed by atoms with Gasteiger partial charge in [-0.25, -0.2) is 0 Å². The molecule has 0 aliphatic rings. The summed E-state index contributed by atoms with van der Waals surface area (Å²) in [6.45, 7) is 0.773. The first-order chi connectivity index (χ1) is 10.9. The predicted molar refractivity (Wildman–Crippen MR) is 82.6 cm³/mol. The minimum Gasteiger partial charge on any atom is -0.467 e. The molecule has 0 amide bonds. The maximum Gasteiger partial charge on any atom is 0.200 e. The molecule has 6 nitrogen and oxygen atoms in total. The Labute approximate surface area is 132 Å². The number of thioether (sulfide) groups is 1. The lowest BCUT2D eigenvalue weighted by atomic mass is 10.4. The zero-order valence-electron chi connectivity index (χ0n) is 12.0. The van der Waals surface area contributed by atoms with Gasteiger partial charge in [-0.1, -0.05) is 11.8 Å². The average molecular weight is 319 g/mol. The molecule has 0 fully saturated rings. The number of unbranched alkanes of at least 4 members (excludes halogenated alkanes) is 1. The van der Waals surface area contributed by atoms with Gasteiger partial charge in [-0.05, 0) is 37.1 Å². The van der Waals surface area contributed by atoms with Crippen LogP contribution in [0.1, 0.15) is 18.6 Å². The molecular weight excluding hydrogens is 302 g/mol. The van der Waals surface area contributed by atoms with Gasteiger partial charge in [-0.2, -0.15) is 0 Å². The lowest BCUT2D eigenvalue weighted by Gasteiger charge is -2.07. The van der Waals surface area contributed by atoms with Gasteiger partial charge in [0.1, 0.15) is 5.76 Å². The van der Waals surface area contributed by atoms with E-state index in [0.29, 0.717) is 18.1 Å². The lowest BCUT2D eigenvalue weighted by Crippen LogP contribution is -2.03. The maximum absolute atomic E-state index is 8.85. The van der Waals surface area contributed by atoms with Gasteiger partial charge in [0.25, 0.3) is 0 Å². The molecular formula is C15H17N3O3S. The fourth-order valence-electron chi connectivity index (χ4n) is 2.06. The predicted octanol–water partition coefficient (Wildman–Crippen LogP) is 3.04. The molecule has 0 saturated heterocycles. The number of aromatic nitrogens is 3. The molecule has 0 spiro atoms. The lowest BCUT2D eigenvalue weighted by molar-refractivity contribution is 0.287. The van der Waals surface area contributed by atoms with Crippen LogP contribution in [-0.2, 0) is 6.54 Å². The number of aliphatic hydroxyl groups is 1. The highest BCUT2D eigenvalue weighted by Crippen LogP contribution is 2.26. The summed E-state index contributed by atoms with van der Waals surface area (Å²) in [5, 5.41) is 18.2. The fraction of sp³-hybridized carbons (Fsp3) is 0.333. The smallest absolute Gasteiger partial charge is 0.200 e. The Hall–Kier alpha value is -1.99. The van der Waals surface area contributed by atoms with Crippen molar-refractivity contribution >= 4 is 11.8 Å². The number of aliphatic hydroxyl groups excluding tert-OH is 1. The van der Waals surface area contributed by atoms with Gasteiger partial charge in [0.2, 0.25) is 5.82 Å². The fourth-order valence-corrected chi connectivity index (χ4v) is 3.00. The minimum absolute atomic E-state index is 0.220. The highest BCUT2D eigenvalue weighted by Gasteiger charge is 2.17. The van der Waals surface area contributed by atoms with Crippen molar-refractivity contribution in [2.24, 2.45) is 0 Å². The van der Waals surface area contributed by atoms with Crippen LogP contribution in [0.15, 0.2) is 50.8 Å². The molecule has 0 bridgehead atoms. The molecule has 0 aliphatic heterocycles. The van der Waals surface area contributed by atoms with Crippen LogP contribution in [0.25, 0.3) is 11.6 Å². The molecule has 0 radical (unpaired) electrons. The Bertz CT molecular complexity index is 677. The van der Waals surface area contributed by atoms with Crippen molar-refractivity contribution in [2.75, 3.05) is 12.4 Å².